The van der Waals surface area contributed by atoms with Crippen molar-refractivity contribution in [2.24, 2.45) is 4.99 Å². The molecule has 23 heavy (non-hydrogen) atoms. The summed E-state index contributed by atoms with van der Waals surface area (Å²) in [5.41, 5.74) is 0. The van der Waals surface area contributed by atoms with Crippen molar-refractivity contribution < 1.29 is 0 Å². The zero-order valence-corrected chi connectivity index (χ0v) is 15.8. The van der Waals surface area contributed by atoms with Crippen molar-refractivity contribution in [2.75, 3.05) is 57.3 Å². The van der Waals surface area contributed by atoms with Crippen LogP contribution in [-0.4, -0.2) is 73.2 Å². The van der Waals surface area contributed by atoms with Crippen LogP contribution in [0.1, 0.15) is 12.8 Å². The molecule has 7 nitrogen and oxygen atoms in total. The van der Waals surface area contributed by atoms with E-state index in [9.17, 15) is 0 Å². The first-order chi connectivity index (χ1) is 10.9. The Balaban J connectivity index is 0.00000192. The van der Waals surface area contributed by atoms with Gasteiger partial charge < -0.3 is 15.5 Å². The lowest BCUT2D eigenvalue weighted by atomic mass is 10.3. The molecule has 0 atom stereocenters. The third-order valence-electron chi connectivity index (χ3n) is 4.05. The smallest absolute Gasteiger partial charge is 0.225 e. The zero-order chi connectivity index (χ0) is 15.0. The second kappa shape index (κ2) is 9.86. The molecule has 2 aliphatic heterocycles. The van der Waals surface area contributed by atoms with Crippen LogP contribution in [0.3, 0.4) is 0 Å². The van der Waals surface area contributed by atoms with Crippen molar-refractivity contribution in [3.05, 3.63) is 18.5 Å². The van der Waals surface area contributed by atoms with Gasteiger partial charge in [0.1, 0.15) is 0 Å². The molecule has 0 unspecified atom stereocenters. The van der Waals surface area contributed by atoms with Crippen molar-refractivity contribution in [1.29, 1.82) is 0 Å². The van der Waals surface area contributed by atoms with E-state index in [4.69, 9.17) is 0 Å². The normalized spacial score (nSPS) is 18.6. The first-order valence-corrected chi connectivity index (χ1v) is 8.18. The minimum absolute atomic E-state index is 0. The maximum atomic E-state index is 4.42. The van der Waals surface area contributed by atoms with Gasteiger partial charge in [-0.15, -0.1) is 24.0 Å². The summed E-state index contributed by atoms with van der Waals surface area (Å²) in [6, 6.07) is 1.86. The Morgan fingerprint density at radius 2 is 1.91 bits per heavy atom. The van der Waals surface area contributed by atoms with Gasteiger partial charge in [-0.25, -0.2) is 9.97 Å². The van der Waals surface area contributed by atoms with Gasteiger partial charge >= 0.3 is 0 Å². The van der Waals surface area contributed by atoms with E-state index in [1.165, 1.54) is 0 Å². The molecule has 1 aromatic heterocycles. The standard InChI is InChI=1S/C15H25N7.HI/c1-4-16-14(17-5-1)18-8-3-9-21-10-12-22(13-11-21)15-19-6-2-7-20-15;/h2,6-7H,1,3-5,8-13H2,(H2,16,17,18);1H. The van der Waals surface area contributed by atoms with Crippen LogP contribution in [-0.2, 0) is 0 Å². The molecule has 0 radical (unpaired) electrons. The Morgan fingerprint density at radius 3 is 2.61 bits per heavy atom. The maximum Gasteiger partial charge on any atom is 0.225 e. The average molecular weight is 431 g/mol. The highest BCUT2D eigenvalue weighted by molar-refractivity contribution is 14.0. The highest BCUT2D eigenvalue weighted by atomic mass is 127. The van der Waals surface area contributed by atoms with Gasteiger partial charge in [0, 0.05) is 58.2 Å². The van der Waals surface area contributed by atoms with Gasteiger partial charge in [0.25, 0.3) is 0 Å². The fraction of sp³-hybridized carbons (Fsp3) is 0.667. The third kappa shape index (κ3) is 5.76. The van der Waals surface area contributed by atoms with Crippen LogP contribution < -0.4 is 15.5 Å². The molecule has 2 N–H and O–H groups in total. The van der Waals surface area contributed by atoms with E-state index in [1.807, 2.05) is 18.5 Å². The first-order valence-electron chi connectivity index (χ1n) is 8.18. The third-order valence-corrected chi connectivity index (χ3v) is 4.05. The summed E-state index contributed by atoms with van der Waals surface area (Å²) in [6.07, 6.45) is 5.90. The molecule has 3 rings (SSSR count). The summed E-state index contributed by atoms with van der Waals surface area (Å²) < 4.78 is 0. The molecule has 8 heteroatoms. The lowest BCUT2D eigenvalue weighted by molar-refractivity contribution is 0.254. The zero-order valence-electron chi connectivity index (χ0n) is 13.4. The van der Waals surface area contributed by atoms with Crippen molar-refractivity contribution in [1.82, 2.24) is 25.5 Å². The average Bonchev–Trinajstić information content (AvgIpc) is 2.61. The molecular formula is C15H26IN7. The Kier molecular flexibility index (Phi) is 7.80. The molecule has 3 heterocycles. The molecule has 0 amide bonds. The summed E-state index contributed by atoms with van der Waals surface area (Å²) >= 11 is 0. The fourth-order valence-corrected chi connectivity index (χ4v) is 2.79. The molecule has 1 saturated heterocycles. The first kappa shape index (κ1) is 18.2. The molecular weight excluding hydrogens is 405 g/mol. The number of aliphatic imine (C=N–C) groups is 1. The van der Waals surface area contributed by atoms with Gasteiger partial charge in [-0.05, 0) is 25.5 Å². The number of halogens is 1. The van der Waals surface area contributed by atoms with Crippen LogP contribution >= 0.6 is 24.0 Å². The largest absolute Gasteiger partial charge is 0.356 e. The predicted molar refractivity (Wildman–Crippen MR) is 104 cm³/mol. The lowest BCUT2D eigenvalue weighted by Gasteiger charge is -2.34. The van der Waals surface area contributed by atoms with E-state index in [-0.39, 0.29) is 24.0 Å². The molecule has 1 aromatic rings. The minimum Gasteiger partial charge on any atom is -0.356 e. The molecule has 0 saturated carbocycles. The molecule has 0 spiro atoms. The van der Waals surface area contributed by atoms with Gasteiger partial charge in [0.05, 0.1) is 0 Å². The topological polar surface area (TPSA) is 68.7 Å². The Labute approximate surface area is 155 Å². The molecule has 0 bridgehead atoms. The van der Waals surface area contributed by atoms with Crippen molar-refractivity contribution in [3.63, 3.8) is 0 Å². The second-order valence-corrected chi connectivity index (χ2v) is 5.67. The number of nitrogens with zero attached hydrogens (tertiary/aromatic N) is 5. The summed E-state index contributed by atoms with van der Waals surface area (Å²) in [6.45, 7) is 8.26. The molecule has 2 aliphatic rings. The predicted octanol–water partition coefficient (Wildman–Crippen LogP) is 0.546. The molecule has 0 aliphatic carbocycles. The highest BCUT2D eigenvalue weighted by Crippen LogP contribution is 2.09. The van der Waals surface area contributed by atoms with Gasteiger partial charge in [-0.3, -0.25) is 9.89 Å². The van der Waals surface area contributed by atoms with E-state index in [0.717, 1.165) is 77.1 Å². The fourth-order valence-electron chi connectivity index (χ4n) is 2.79. The van der Waals surface area contributed by atoms with Gasteiger partial charge in [-0.2, -0.15) is 0 Å². The molecule has 1 fully saturated rings. The number of hydrogen-bond donors (Lipinski definition) is 2. The number of hydrogen-bond acceptors (Lipinski definition) is 7. The summed E-state index contributed by atoms with van der Waals surface area (Å²) in [4.78, 5) is 17.8. The monoisotopic (exact) mass is 431 g/mol. The van der Waals surface area contributed by atoms with Gasteiger partial charge in [0.15, 0.2) is 5.96 Å². The molecule has 0 aromatic carbocycles. The van der Waals surface area contributed by atoms with Crippen LogP contribution in [0.15, 0.2) is 23.5 Å². The van der Waals surface area contributed by atoms with Crippen LogP contribution in [0.2, 0.25) is 0 Å². The summed E-state index contributed by atoms with van der Waals surface area (Å²) in [5, 5.41) is 6.66. The minimum atomic E-state index is 0. The van der Waals surface area contributed by atoms with Crippen LogP contribution in [0.25, 0.3) is 0 Å². The second-order valence-electron chi connectivity index (χ2n) is 5.67. The van der Waals surface area contributed by atoms with Crippen LogP contribution in [0.4, 0.5) is 5.95 Å². The van der Waals surface area contributed by atoms with E-state index >= 15 is 0 Å². The Morgan fingerprint density at radius 1 is 1.13 bits per heavy atom. The maximum absolute atomic E-state index is 4.42. The van der Waals surface area contributed by atoms with Gasteiger partial charge in [0.2, 0.25) is 5.95 Å². The van der Waals surface area contributed by atoms with E-state index in [2.05, 4.69) is 35.4 Å². The highest BCUT2D eigenvalue weighted by Gasteiger charge is 2.18. The van der Waals surface area contributed by atoms with Crippen molar-refractivity contribution in [3.8, 4) is 0 Å². The summed E-state index contributed by atoms with van der Waals surface area (Å²) in [5.74, 6) is 1.82. The number of guanidine groups is 1. The van der Waals surface area contributed by atoms with Crippen molar-refractivity contribution >= 4 is 35.9 Å². The number of piperazine rings is 1. The van der Waals surface area contributed by atoms with Crippen LogP contribution in [0.5, 0.6) is 0 Å². The number of anilines is 1. The Hall–Kier alpha value is -1.16. The SMILES string of the molecule is I.c1cnc(N2CCN(CCCNC3=NCCCN3)CC2)nc1. The Bertz CT molecular complexity index is 474. The number of rotatable bonds is 5. The van der Waals surface area contributed by atoms with Crippen molar-refractivity contribution in [2.45, 2.75) is 12.8 Å². The van der Waals surface area contributed by atoms with E-state index in [0.29, 0.717) is 0 Å². The number of aromatic nitrogens is 2. The lowest BCUT2D eigenvalue weighted by Crippen LogP contribution is -2.48. The van der Waals surface area contributed by atoms with E-state index in [1.54, 1.807) is 0 Å². The van der Waals surface area contributed by atoms with Crippen LogP contribution in [0, 0.1) is 0 Å². The van der Waals surface area contributed by atoms with Gasteiger partial charge in [-0.1, -0.05) is 0 Å². The quantitative estimate of drug-likeness (QED) is 0.524. The van der Waals surface area contributed by atoms with E-state index < -0.39 is 0 Å². The number of nitrogens with one attached hydrogen (secondary N) is 2. The summed E-state index contributed by atoms with van der Waals surface area (Å²) in [7, 11) is 0. The molecule has 128 valence electrons.